The van der Waals surface area contributed by atoms with Gasteiger partial charge in [0.2, 0.25) is 0 Å². The van der Waals surface area contributed by atoms with Crippen molar-refractivity contribution in [3.63, 3.8) is 0 Å². The van der Waals surface area contributed by atoms with Gasteiger partial charge in [-0.2, -0.15) is 0 Å². The van der Waals surface area contributed by atoms with Crippen molar-refractivity contribution in [2.45, 2.75) is 5.41 Å². The van der Waals surface area contributed by atoms with Crippen LogP contribution in [0.1, 0.15) is 22.3 Å². The van der Waals surface area contributed by atoms with Crippen LogP contribution in [0, 0.1) is 0 Å². The smallest absolute Gasteiger partial charge is 0.166 e. The number of hydrogen-bond donors (Lipinski definition) is 0. The lowest BCUT2D eigenvalue weighted by Crippen LogP contribution is -2.28. The lowest BCUT2D eigenvalue weighted by molar-refractivity contribution is 0.775. The third-order valence-electron chi connectivity index (χ3n) is 13.5. The molecule has 66 heavy (non-hydrogen) atoms. The Balaban J connectivity index is 1.08. The zero-order valence-electron chi connectivity index (χ0n) is 35.9. The molecule has 0 N–H and O–H groups in total. The van der Waals surface area contributed by atoms with Crippen molar-refractivity contribution in [1.82, 2.24) is 19.5 Å². The Bertz CT molecular complexity index is 3750. The highest BCUT2D eigenvalue weighted by molar-refractivity contribution is 6.13. The summed E-state index contributed by atoms with van der Waals surface area (Å²) in [6.07, 6.45) is 0. The van der Waals surface area contributed by atoms with Crippen LogP contribution in [0.5, 0.6) is 0 Å². The summed E-state index contributed by atoms with van der Waals surface area (Å²) >= 11 is 0. The fourth-order valence-corrected chi connectivity index (χ4v) is 10.7. The molecule has 4 nitrogen and oxygen atoms in total. The molecule has 308 valence electrons. The standard InChI is InChI=1S/C62H40N4/c1-5-18-41(19-6-1)42-32-35-44(36-33-42)59-63-60(65-61(64-59)53-29-17-28-52-50-27-14-16-31-56(50)66(58(52)53)48-24-11-4-12-25-48)45-37-34-43-38-39-51-49-26-13-15-30-55(49)62(57(51)54(43)40-45,46-20-7-2-8-21-46)47-22-9-3-10-23-47/h1-40H. The van der Waals surface area contributed by atoms with Crippen LogP contribution >= 0.6 is 0 Å². The highest BCUT2D eigenvalue weighted by atomic mass is 15.0. The fraction of sp³-hybridized carbons (Fsp3) is 0.0161. The molecule has 1 aliphatic rings. The minimum atomic E-state index is -0.566. The number of benzene rings is 10. The molecule has 2 heterocycles. The van der Waals surface area contributed by atoms with Gasteiger partial charge in [0.25, 0.3) is 0 Å². The Morgan fingerprint density at radius 1 is 0.333 bits per heavy atom. The van der Waals surface area contributed by atoms with Crippen LogP contribution in [0.25, 0.3) is 94.7 Å². The Kier molecular flexibility index (Phi) is 8.72. The average Bonchev–Trinajstić information content (AvgIpc) is 3.91. The highest BCUT2D eigenvalue weighted by Crippen LogP contribution is 2.58. The first-order chi connectivity index (χ1) is 32.7. The van der Waals surface area contributed by atoms with E-state index in [1.54, 1.807) is 0 Å². The van der Waals surface area contributed by atoms with E-state index in [2.05, 4.69) is 241 Å². The van der Waals surface area contributed by atoms with Crippen molar-refractivity contribution in [3.05, 3.63) is 265 Å². The van der Waals surface area contributed by atoms with Gasteiger partial charge in [0.1, 0.15) is 0 Å². The summed E-state index contributed by atoms with van der Waals surface area (Å²) in [5.41, 5.74) is 15.2. The van der Waals surface area contributed by atoms with Gasteiger partial charge in [-0.15, -0.1) is 0 Å². The number of rotatable bonds is 7. The molecule has 0 fully saturated rings. The van der Waals surface area contributed by atoms with Crippen molar-refractivity contribution in [3.8, 4) is 62.1 Å². The monoisotopic (exact) mass is 840 g/mol. The largest absolute Gasteiger partial charge is 0.309 e. The maximum Gasteiger partial charge on any atom is 0.166 e. The van der Waals surface area contributed by atoms with Crippen LogP contribution in [0.3, 0.4) is 0 Å². The topological polar surface area (TPSA) is 43.6 Å². The molecule has 12 aromatic rings. The van der Waals surface area contributed by atoms with E-state index in [1.165, 1.54) is 38.8 Å². The van der Waals surface area contributed by atoms with Gasteiger partial charge in [0.15, 0.2) is 17.5 Å². The third kappa shape index (κ3) is 5.82. The SMILES string of the molecule is c1ccc(-c2ccc(-c3nc(-c4ccc5ccc6c(c5c4)C(c4ccccc4)(c4ccccc4)c4ccccc4-6)nc(-c4cccc5c6ccccc6n(-c6ccccc6)c45)n3)cc2)cc1. The summed E-state index contributed by atoms with van der Waals surface area (Å²) in [5.74, 6) is 1.84. The van der Waals surface area contributed by atoms with Gasteiger partial charge in [-0.3, -0.25) is 0 Å². The van der Waals surface area contributed by atoms with E-state index >= 15 is 0 Å². The highest BCUT2D eigenvalue weighted by Gasteiger charge is 2.47. The zero-order valence-corrected chi connectivity index (χ0v) is 35.9. The lowest BCUT2D eigenvalue weighted by Gasteiger charge is -2.34. The van der Waals surface area contributed by atoms with Crippen molar-refractivity contribution < 1.29 is 0 Å². The number of para-hydroxylation sites is 3. The van der Waals surface area contributed by atoms with E-state index in [4.69, 9.17) is 15.0 Å². The molecular weight excluding hydrogens is 801 g/mol. The third-order valence-corrected chi connectivity index (χ3v) is 13.5. The van der Waals surface area contributed by atoms with E-state index < -0.39 is 5.41 Å². The van der Waals surface area contributed by atoms with Crippen LogP contribution in [0.2, 0.25) is 0 Å². The van der Waals surface area contributed by atoms with E-state index in [9.17, 15) is 0 Å². The van der Waals surface area contributed by atoms with E-state index in [0.717, 1.165) is 60.7 Å². The van der Waals surface area contributed by atoms with E-state index in [0.29, 0.717) is 17.5 Å². The molecule has 4 heteroatoms. The normalized spacial score (nSPS) is 12.7. The number of nitrogens with zero attached hydrogens (tertiary/aromatic N) is 4. The van der Waals surface area contributed by atoms with Gasteiger partial charge >= 0.3 is 0 Å². The minimum absolute atomic E-state index is 0.566. The molecule has 0 saturated heterocycles. The number of hydrogen-bond acceptors (Lipinski definition) is 3. The first-order valence-electron chi connectivity index (χ1n) is 22.5. The average molecular weight is 841 g/mol. The Morgan fingerprint density at radius 2 is 0.864 bits per heavy atom. The van der Waals surface area contributed by atoms with E-state index in [1.807, 2.05) is 6.07 Å². The zero-order chi connectivity index (χ0) is 43.6. The summed E-state index contributed by atoms with van der Waals surface area (Å²) < 4.78 is 2.35. The van der Waals surface area contributed by atoms with Crippen LogP contribution in [-0.4, -0.2) is 19.5 Å². The minimum Gasteiger partial charge on any atom is -0.309 e. The molecule has 0 spiro atoms. The molecule has 0 saturated carbocycles. The molecule has 10 aromatic carbocycles. The Hall–Kier alpha value is -8.73. The van der Waals surface area contributed by atoms with Crippen molar-refractivity contribution in [2.24, 2.45) is 0 Å². The van der Waals surface area contributed by atoms with Crippen LogP contribution in [0.4, 0.5) is 0 Å². The summed E-state index contributed by atoms with van der Waals surface area (Å²) in [7, 11) is 0. The predicted molar refractivity (Wildman–Crippen MR) is 271 cm³/mol. The second-order valence-electron chi connectivity index (χ2n) is 17.1. The first-order valence-corrected chi connectivity index (χ1v) is 22.5. The maximum atomic E-state index is 5.48. The first kappa shape index (κ1) is 37.8. The molecule has 1 aliphatic carbocycles. The Morgan fingerprint density at radius 3 is 1.61 bits per heavy atom. The summed E-state index contributed by atoms with van der Waals surface area (Å²) in [6.45, 7) is 0. The van der Waals surface area contributed by atoms with Gasteiger partial charge < -0.3 is 4.57 Å². The summed E-state index contributed by atoms with van der Waals surface area (Å²) in [4.78, 5) is 16.2. The summed E-state index contributed by atoms with van der Waals surface area (Å²) in [6, 6.07) is 87.0. The van der Waals surface area contributed by atoms with Crippen LogP contribution < -0.4 is 0 Å². The molecule has 0 atom stereocenters. The molecule has 0 aliphatic heterocycles. The van der Waals surface area contributed by atoms with Crippen molar-refractivity contribution in [2.75, 3.05) is 0 Å². The van der Waals surface area contributed by atoms with Crippen molar-refractivity contribution >= 4 is 32.6 Å². The second-order valence-corrected chi connectivity index (χ2v) is 17.1. The maximum absolute atomic E-state index is 5.48. The molecule has 0 amide bonds. The molecular formula is C62H40N4. The van der Waals surface area contributed by atoms with E-state index in [-0.39, 0.29) is 0 Å². The predicted octanol–water partition coefficient (Wildman–Crippen LogP) is 15.2. The lowest BCUT2D eigenvalue weighted by atomic mass is 9.66. The quantitative estimate of drug-likeness (QED) is 0.161. The van der Waals surface area contributed by atoms with Gasteiger partial charge in [-0.25, -0.2) is 15.0 Å². The van der Waals surface area contributed by atoms with Crippen LogP contribution in [-0.2, 0) is 5.41 Å². The second kappa shape index (κ2) is 15.2. The molecule has 0 unspecified atom stereocenters. The number of aromatic nitrogens is 4. The van der Waals surface area contributed by atoms with Gasteiger partial charge in [-0.1, -0.05) is 212 Å². The van der Waals surface area contributed by atoms with Crippen LogP contribution in [0.15, 0.2) is 243 Å². The number of fused-ring (bicyclic) bond motifs is 8. The van der Waals surface area contributed by atoms with Gasteiger partial charge in [0.05, 0.1) is 16.4 Å². The van der Waals surface area contributed by atoms with Crippen molar-refractivity contribution in [1.29, 1.82) is 0 Å². The van der Waals surface area contributed by atoms with Gasteiger partial charge in [-0.05, 0) is 85.6 Å². The van der Waals surface area contributed by atoms with Gasteiger partial charge in [0, 0.05) is 33.2 Å². The fourth-order valence-electron chi connectivity index (χ4n) is 10.7. The molecule has 0 radical (unpaired) electrons. The molecule has 2 aromatic heterocycles. The molecule has 0 bridgehead atoms. The summed E-state index contributed by atoms with van der Waals surface area (Å²) in [5, 5.41) is 4.64. The molecule has 13 rings (SSSR count). The Labute approximate surface area is 382 Å².